The maximum atomic E-state index is 9.28. The molecular weight excluding hydrogens is 356 g/mol. The molecule has 0 bridgehead atoms. The molecule has 4 N–H and O–H groups in total. The summed E-state index contributed by atoms with van der Waals surface area (Å²) in [5.41, 5.74) is 8.92. The van der Waals surface area contributed by atoms with Crippen LogP contribution in [0.2, 0.25) is 0 Å². The van der Waals surface area contributed by atoms with Gasteiger partial charge < -0.3 is 25.1 Å². The number of ether oxygens (including phenoxy) is 1. The normalized spacial score (nSPS) is 11.6. The molecule has 2 aromatic carbocycles. The van der Waals surface area contributed by atoms with Gasteiger partial charge in [0.25, 0.3) is 0 Å². The van der Waals surface area contributed by atoms with Gasteiger partial charge in [-0.05, 0) is 36.1 Å². The Morgan fingerprint density at radius 1 is 1.00 bits per heavy atom. The minimum absolute atomic E-state index is 0.239. The second kappa shape index (κ2) is 9.01. The van der Waals surface area contributed by atoms with Crippen LogP contribution in [-0.4, -0.2) is 41.1 Å². The SMILES string of the molecule is COc1ccc(Cc2nc(-c3ccc(CCC(N)(CO)CO)cc3)co2)cc1. The number of methoxy groups -OCH3 is 1. The number of aliphatic hydroxyl groups is 2. The average molecular weight is 382 g/mol. The molecule has 0 aliphatic carbocycles. The minimum atomic E-state index is -0.943. The summed E-state index contributed by atoms with van der Waals surface area (Å²) in [5.74, 6) is 1.48. The molecule has 6 heteroatoms. The van der Waals surface area contributed by atoms with Crippen LogP contribution in [-0.2, 0) is 12.8 Å². The minimum Gasteiger partial charge on any atom is -0.497 e. The lowest BCUT2D eigenvalue weighted by Gasteiger charge is -2.24. The van der Waals surface area contributed by atoms with E-state index in [0.29, 0.717) is 25.2 Å². The number of benzene rings is 2. The van der Waals surface area contributed by atoms with Gasteiger partial charge in [0.05, 0.1) is 25.9 Å². The average Bonchev–Trinajstić information content (AvgIpc) is 3.21. The van der Waals surface area contributed by atoms with Gasteiger partial charge in [0, 0.05) is 12.0 Å². The van der Waals surface area contributed by atoms with Crippen molar-refractivity contribution in [3.8, 4) is 17.0 Å². The zero-order valence-corrected chi connectivity index (χ0v) is 16.0. The van der Waals surface area contributed by atoms with Gasteiger partial charge in [0.2, 0.25) is 0 Å². The summed E-state index contributed by atoms with van der Waals surface area (Å²) in [6.45, 7) is -0.477. The molecule has 3 aromatic rings. The largest absolute Gasteiger partial charge is 0.497 e. The highest BCUT2D eigenvalue weighted by atomic mass is 16.5. The maximum Gasteiger partial charge on any atom is 0.198 e. The molecule has 0 atom stereocenters. The Hall–Kier alpha value is -2.67. The number of nitrogens with two attached hydrogens (primary N) is 1. The molecule has 0 aliphatic rings. The van der Waals surface area contributed by atoms with Crippen molar-refractivity contribution in [2.24, 2.45) is 5.73 Å². The Bertz CT molecular complexity index is 868. The number of aryl methyl sites for hydroxylation is 1. The molecule has 6 nitrogen and oxygen atoms in total. The Morgan fingerprint density at radius 3 is 2.25 bits per heavy atom. The van der Waals surface area contributed by atoms with Gasteiger partial charge in [0.1, 0.15) is 17.7 Å². The van der Waals surface area contributed by atoms with E-state index in [1.807, 2.05) is 48.5 Å². The van der Waals surface area contributed by atoms with Crippen LogP contribution < -0.4 is 10.5 Å². The Balaban J connectivity index is 1.62. The van der Waals surface area contributed by atoms with E-state index in [1.54, 1.807) is 13.4 Å². The molecule has 1 aromatic heterocycles. The van der Waals surface area contributed by atoms with Crippen molar-refractivity contribution in [1.82, 2.24) is 4.98 Å². The summed E-state index contributed by atoms with van der Waals surface area (Å²) in [4.78, 5) is 4.58. The van der Waals surface area contributed by atoms with Crippen LogP contribution in [0.15, 0.2) is 59.2 Å². The summed E-state index contributed by atoms with van der Waals surface area (Å²) in [5, 5.41) is 18.6. The van der Waals surface area contributed by atoms with E-state index in [-0.39, 0.29) is 13.2 Å². The van der Waals surface area contributed by atoms with Gasteiger partial charge in [-0.3, -0.25) is 0 Å². The standard InChI is InChI=1S/C22H26N2O4/c1-27-19-8-4-17(5-9-19)12-21-24-20(13-28-21)18-6-2-16(3-7-18)10-11-22(23,14-25)15-26/h2-9,13,25-26H,10-12,14-15,23H2,1H3. The van der Waals surface area contributed by atoms with E-state index in [0.717, 1.165) is 28.1 Å². The van der Waals surface area contributed by atoms with Crippen LogP contribution in [0.5, 0.6) is 5.75 Å². The molecule has 0 amide bonds. The highest BCUT2D eigenvalue weighted by Gasteiger charge is 2.22. The summed E-state index contributed by atoms with van der Waals surface area (Å²) < 4.78 is 10.8. The third-order valence-corrected chi connectivity index (χ3v) is 4.86. The van der Waals surface area contributed by atoms with Crippen molar-refractivity contribution in [2.45, 2.75) is 24.8 Å². The van der Waals surface area contributed by atoms with E-state index >= 15 is 0 Å². The van der Waals surface area contributed by atoms with Crippen LogP contribution in [0.3, 0.4) is 0 Å². The monoisotopic (exact) mass is 382 g/mol. The Labute approximate surface area is 164 Å². The van der Waals surface area contributed by atoms with Crippen LogP contribution in [0.4, 0.5) is 0 Å². The number of hydrogen-bond acceptors (Lipinski definition) is 6. The van der Waals surface area contributed by atoms with Gasteiger partial charge in [-0.15, -0.1) is 0 Å². The summed E-state index contributed by atoms with van der Waals surface area (Å²) >= 11 is 0. The van der Waals surface area contributed by atoms with Gasteiger partial charge in [0.15, 0.2) is 5.89 Å². The van der Waals surface area contributed by atoms with E-state index < -0.39 is 5.54 Å². The van der Waals surface area contributed by atoms with E-state index in [2.05, 4.69) is 4.98 Å². The number of nitrogens with zero attached hydrogens (tertiary/aromatic N) is 1. The summed E-state index contributed by atoms with van der Waals surface area (Å²) in [6.07, 6.45) is 3.47. The maximum absolute atomic E-state index is 9.28. The molecule has 0 unspecified atom stereocenters. The lowest BCUT2D eigenvalue weighted by atomic mass is 9.93. The topological polar surface area (TPSA) is 102 Å². The third kappa shape index (κ3) is 4.98. The molecule has 0 spiro atoms. The smallest absolute Gasteiger partial charge is 0.198 e. The molecule has 3 rings (SSSR count). The summed E-state index contributed by atoms with van der Waals surface area (Å²) in [6, 6.07) is 15.8. The van der Waals surface area contributed by atoms with Gasteiger partial charge in [-0.25, -0.2) is 4.98 Å². The van der Waals surface area contributed by atoms with Crippen molar-refractivity contribution in [2.75, 3.05) is 20.3 Å². The first-order valence-electron chi connectivity index (χ1n) is 9.22. The predicted molar refractivity (Wildman–Crippen MR) is 107 cm³/mol. The summed E-state index contributed by atoms with van der Waals surface area (Å²) in [7, 11) is 1.65. The number of oxazole rings is 1. The third-order valence-electron chi connectivity index (χ3n) is 4.86. The molecule has 148 valence electrons. The second-order valence-corrected chi connectivity index (χ2v) is 7.03. The van der Waals surface area contributed by atoms with E-state index in [1.165, 1.54) is 0 Å². The molecule has 1 heterocycles. The molecule has 0 saturated heterocycles. The lowest BCUT2D eigenvalue weighted by Crippen LogP contribution is -2.47. The van der Waals surface area contributed by atoms with Crippen LogP contribution in [0.25, 0.3) is 11.3 Å². The second-order valence-electron chi connectivity index (χ2n) is 7.03. The van der Waals surface area contributed by atoms with E-state index in [4.69, 9.17) is 14.9 Å². The fraction of sp³-hybridized carbons (Fsp3) is 0.318. The first-order chi connectivity index (χ1) is 13.5. The van der Waals surface area contributed by atoms with Gasteiger partial charge in [-0.2, -0.15) is 0 Å². The van der Waals surface area contributed by atoms with Crippen molar-refractivity contribution in [3.05, 3.63) is 71.8 Å². The number of aliphatic hydroxyl groups excluding tert-OH is 2. The molecule has 0 fully saturated rings. The zero-order valence-electron chi connectivity index (χ0n) is 16.0. The molecule has 0 aliphatic heterocycles. The predicted octanol–water partition coefficient (Wildman–Crippen LogP) is 2.56. The van der Waals surface area contributed by atoms with Crippen molar-refractivity contribution >= 4 is 0 Å². The van der Waals surface area contributed by atoms with Crippen molar-refractivity contribution in [1.29, 1.82) is 0 Å². The zero-order chi connectivity index (χ0) is 20.0. The quantitative estimate of drug-likeness (QED) is 0.526. The van der Waals surface area contributed by atoms with Gasteiger partial charge >= 0.3 is 0 Å². The highest BCUT2D eigenvalue weighted by Crippen LogP contribution is 2.22. The fourth-order valence-corrected chi connectivity index (χ4v) is 2.89. The first kappa shape index (κ1) is 20.1. The lowest BCUT2D eigenvalue weighted by molar-refractivity contribution is 0.115. The number of hydrogen-bond donors (Lipinski definition) is 3. The molecule has 28 heavy (non-hydrogen) atoms. The van der Waals surface area contributed by atoms with E-state index in [9.17, 15) is 10.2 Å². The van der Waals surface area contributed by atoms with Gasteiger partial charge in [-0.1, -0.05) is 36.4 Å². The molecule has 0 radical (unpaired) electrons. The van der Waals surface area contributed by atoms with Crippen molar-refractivity contribution < 1.29 is 19.4 Å². The van der Waals surface area contributed by atoms with Crippen LogP contribution in [0.1, 0.15) is 23.4 Å². The highest BCUT2D eigenvalue weighted by molar-refractivity contribution is 5.58. The fourth-order valence-electron chi connectivity index (χ4n) is 2.89. The van der Waals surface area contributed by atoms with Crippen molar-refractivity contribution in [3.63, 3.8) is 0 Å². The molecule has 0 saturated carbocycles. The Kier molecular flexibility index (Phi) is 6.46. The number of rotatable bonds is 9. The first-order valence-corrected chi connectivity index (χ1v) is 9.22. The van der Waals surface area contributed by atoms with Crippen LogP contribution in [0, 0.1) is 0 Å². The Morgan fingerprint density at radius 2 is 1.64 bits per heavy atom. The number of aromatic nitrogens is 1. The van der Waals surface area contributed by atoms with Crippen LogP contribution >= 0.6 is 0 Å². The molecular formula is C22H26N2O4.